The lowest BCUT2D eigenvalue weighted by Gasteiger charge is -2.57. The zero-order chi connectivity index (χ0) is 27.1. The Morgan fingerprint density at radius 2 is 1.62 bits per heavy atom. The maximum atomic E-state index is 14.5. The predicted molar refractivity (Wildman–Crippen MR) is 154 cm³/mol. The van der Waals surface area contributed by atoms with E-state index in [0.29, 0.717) is 0 Å². The first-order chi connectivity index (χ1) is 18.8. The fourth-order valence-corrected chi connectivity index (χ4v) is 9.29. The summed E-state index contributed by atoms with van der Waals surface area (Å²) in [6.07, 6.45) is 8.18. The minimum Gasteiger partial charge on any atom is -0.349 e. The summed E-state index contributed by atoms with van der Waals surface area (Å²) in [7, 11) is 2.10. The Morgan fingerprint density at radius 3 is 2.28 bits per heavy atom. The highest BCUT2D eigenvalue weighted by Gasteiger charge is 2.53. The largest absolute Gasteiger partial charge is 0.349 e. The van der Waals surface area contributed by atoms with Gasteiger partial charge in [0.05, 0.1) is 6.04 Å². The van der Waals surface area contributed by atoms with Gasteiger partial charge >= 0.3 is 0 Å². The maximum absolute atomic E-state index is 14.5. The van der Waals surface area contributed by atoms with Gasteiger partial charge in [0.25, 0.3) is 5.91 Å². The molecule has 8 rings (SSSR count). The molecule has 4 aliphatic carbocycles. The third kappa shape index (κ3) is 3.72. The van der Waals surface area contributed by atoms with Crippen molar-refractivity contribution in [1.29, 1.82) is 0 Å². The minimum absolute atomic E-state index is 0.0195. The summed E-state index contributed by atoms with van der Waals surface area (Å²) in [4.78, 5) is 30.8. The number of aromatic nitrogens is 1. The Kier molecular flexibility index (Phi) is 5.73. The number of carbonyl (C=O) groups is 2. The van der Waals surface area contributed by atoms with Crippen molar-refractivity contribution in [3.8, 4) is 0 Å². The van der Waals surface area contributed by atoms with Gasteiger partial charge in [-0.1, -0.05) is 56.7 Å². The van der Waals surface area contributed by atoms with Crippen molar-refractivity contribution >= 4 is 22.7 Å². The van der Waals surface area contributed by atoms with Crippen molar-refractivity contribution in [2.45, 2.75) is 83.3 Å². The number of hydrogen-bond donors (Lipinski definition) is 1. The van der Waals surface area contributed by atoms with Crippen molar-refractivity contribution in [3.63, 3.8) is 0 Å². The molecule has 2 amide bonds. The molecular weight excluding hydrogens is 482 g/mol. The normalized spacial score (nSPS) is 30.6. The monoisotopic (exact) mass is 523 g/mol. The van der Waals surface area contributed by atoms with Crippen LogP contribution < -0.4 is 5.32 Å². The van der Waals surface area contributed by atoms with Crippen LogP contribution in [0.15, 0.2) is 48.5 Å². The van der Waals surface area contributed by atoms with Crippen LogP contribution in [0.2, 0.25) is 0 Å². The van der Waals surface area contributed by atoms with E-state index in [1.54, 1.807) is 0 Å². The van der Waals surface area contributed by atoms with Crippen LogP contribution in [-0.2, 0) is 11.8 Å². The molecule has 3 atom stereocenters. The van der Waals surface area contributed by atoms with Crippen molar-refractivity contribution in [2.75, 3.05) is 0 Å². The SMILES string of the molecule is CCC(C)C(C(=O)NC12CC3CC(CC(C3)C1)C2)N1C(=O)c2ccccc2C1c1c(C)n(C)c2ccccc12. The van der Waals surface area contributed by atoms with Crippen LogP contribution in [0.3, 0.4) is 0 Å². The van der Waals surface area contributed by atoms with Crippen LogP contribution in [0, 0.1) is 30.6 Å². The molecule has 4 fully saturated rings. The van der Waals surface area contributed by atoms with Gasteiger partial charge in [0.15, 0.2) is 0 Å². The van der Waals surface area contributed by atoms with Crippen LogP contribution in [0.5, 0.6) is 0 Å². The molecule has 0 saturated heterocycles. The van der Waals surface area contributed by atoms with Gasteiger partial charge < -0.3 is 14.8 Å². The molecule has 1 N–H and O–H groups in total. The third-order valence-electron chi connectivity index (χ3n) is 10.9. The van der Waals surface area contributed by atoms with Crippen molar-refractivity contribution in [2.24, 2.45) is 30.7 Å². The van der Waals surface area contributed by atoms with E-state index in [-0.39, 0.29) is 29.3 Å². The summed E-state index contributed by atoms with van der Waals surface area (Å²) in [5.74, 6) is 2.33. The second kappa shape index (κ2) is 8.97. The van der Waals surface area contributed by atoms with Gasteiger partial charge in [-0.2, -0.15) is 0 Å². The molecule has 3 aromatic rings. The second-order valence-corrected chi connectivity index (χ2v) is 13.3. The first-order valence-electron chi connectivity index (χ1n) is 15.1. The molecule has 3 unspecified atom stereocenters. The van der Waals surface area contributed by atoms with Crippen molar-refractivity contribution in [1.82, 2.24) is 14.8 Å². The van der Waals surface area contributed by atoms with Crippen LogP contribution >= 0.6 is 0 Å². The second-order valence-electron chi connectivity index (χ2n) is 13.3. The van der Waals surface area contributed by atoms with Crippen molar-refractivity contribution in [3.05, 3.63) is 70.9 Å². The van der Waals surface area contributed by atoms with E-state index in [4.69, 9.17) is 0 Å². The average Bonchev–Trinajstić information content (AvgIpc) is 3.33. The van der Waals surface area contributed by atoms with Crippen LogP contribution in [0.25, 0.3) is 10.9 Å². The summed E-state index contributed by atoms with van der Waals surface area (Å²) < 4.78 is 2.22. The van der Waals surface area contributed by atoms with Gasteiger partial charge in [0, 0.05) is 40.3 Å². The lowest BCUT2D eigenvalue weighted by molar-refractivity contribution is -0.133. The van der Waals surface area contributed by atoms with E-state index in [9.17, 15) is 9.59 Å². The molecule has 39 heavy (non-hydrogen) atoms. The molecule has 4 saturated carbocycles. The highest BCUT2D eigenvalue weighted by Crippen LogP contribution is 2.56. The Bertz CT molecular complexity index is 1430. The van der Waals surface area contributed by atoms with Crippen LogP contribution in [-0.4, -0.2) is 32.9 Å². The fraction of sp³-hybridized carbons (Fsp3) is 0.529. The number of carbonyl (C=O) groups excluding carboxylic acids is 2. The molecule has 0 spiro atoms. The smallest absolute Gasteiger partial charge is 0.255 e. The molecule has 2 heterocycles. The Balaban J connectivity index is 1.33. The first-order valence-corrected chi connectivity index (χ1v) is 15.1. The molecule has 2 aromatic carbocycles. The Labute approximate surface area is 231 Å². The lowest BCUT2D eigenvalue weighted by atomic mass is 9.53. The molecule has 4 bridgehead atoms. The zero-order valence-corrected chi connectivity index (χ0v) is 23.7. The van der Waals surface area contributed by atoms with Crippen molar-refractivity contribution < 1.29 is 9.59 Å². The topological polar surface area (TPSA) is 54.3 Å². The average molecular weight is 524 g/mol. The van der Waals surface area contributed by atoms with Gasteiger partial charge in [-0.15, -0.1) is 0 Å². The first kappa shape index (κ1) is 24.9. The highest BCUT2D eigenvalue weighted by molar-refractivity contribution is 6.03. The van der Waals surface area contributed by atoms with Gasteiger partial charge in [0.2, 0.25) is 5.91 Å². The summed E-state index contributed by atoms with van der Waals surface area (Å²) in [6.45, 7) is 6.43. The zero-order valence-electron chi connectivity index (χ0n) is 23.7. The number of fused-ring (bicyclic) bond motifs is 2. The summed E-state index contributed by atoms with van der Waals surface area (Å²) >= 11 is 0. The summed E-state index contributed by atoms with van der Waals surface area (Å²) in [5, 5.41) is 4.81. The number of nitrogens with zero attached hydrogens (tertiary/aromatic N) is 2. The Hall–Kier alpha value is -3.08. The number of para-hydroxylation sites is 1. The molecule has 5 heteroatoms. The number of nitrogens with one attached hydrogen (secondary N) is 1. The minimum atomic E-state index is -0.522. The van der Waals surface area contributed by atoms with E-state index in [1.165, 1.54) is 19.3 Å². The standard InChI is InChI=1S/C34H41N3O2/c1-5-20(2)30(32(38)35-34-17-22-14-23(18-34)16-24(15-22)19-34)37-31(25-10-6-7-11-26(25)33(37)39)29-21(3)36(4)28-13-9-8-12-27(28)29/h6-13,20,22-24,30-31H,5,14-19H2,1-4H3,(H,35,38). The molecule has 5 nitrogen and oxygen atoms in total. The fourth-order valence-electron chi connectivity index (χ4n) is 9.29. The highest BCUT2D eigenvalue weighted by atomic mass is 16.2. The van der Waals surface area contributed by atoms with E-state index < -0.39 is 6.04 Å². The van der Waals surface area contributed by atoms with Gasteiger partial charge in [-0.25, -0.2) is 0 Å². The van der Waals surface area contributed by atoms with Crippen LogP contribution in [0.4, 0.5) is 0 Å². The number of benzene rings is 2. The number of amides is 2. The Morgan fingerprint density at radius 1 is 1.00 bits per heavy atom. The predicted octanol–water partition coefficient (Wildman–Crippen LogP) is 6.53. The molecule has 1 aromatic heterocycles. The quantitative estimate of drug-likeness (QED) is 0.399. The molecular formula is C34H41N3O2. The number of aryl methyl sites for hydroxylation is 1. The maximum Gasteiger partial charge on any atom is 0.255 e. The summed E-state index contributed by atoms with van der Waals surface area (Å²) in [5.41, 5.74) is 5.09. The van der Waals surface area contributed by atoms with E-state index in [0.717, 1.165) is 76.7 Å². The number of hydrogen-bond acceptors (Lipinski definition) is 2. The molecule has 204 valence electrons. The van der Waals surface area contributed by atoms with E-state index in [2.05, 4.69) is 68.0 Å². The van der Waals surface area contributed by atoms with E-state index >= 15 is 0 Å². The molecule has 0 radical (unpaired) electrons. The molecule has 1 aliphatic heterocycles. The summed E-state index contributed by atoms with van der Waals surface area (Å²) in [6, 6.07) is 15.6. The van der Waals surface area contributed by atoms with E-state index in [1.807, 2.05) is 23.1 Å². The molecule has 5 aliphatic rings. The van der Waals surface area contributed by atoms with Gasteiger partial charge in [0.1, 0.15) is 6.04 Å². The van der Waals surface area contributed by atoms with Gasteiger partial charge in [-0.05, 0) is 86.8 Å². The third-order valence-corrected chi connectivity index (χ3v) is 10.9. The lowest BCUT2D eigenvalue weighted by Crippen LogP contribution is -2.63. The number of rotatable bonds is 6. The van der Waals surface area contributed by atoms with Crippen LogP contribution in [0.1, 0.15) is 92.0 Å². The van der Waals surface area contributed by atoms with Gasteiger partial charge in [-0.3, -0.25) is 9.59 Å².